The molecule has 5 heteroatoms. The average Bonchev–Trinajstić information content (AvgIpc) is 2.41. The second-order valence-corrected chi connectivity index (χ2v) is 5.53. The molecule has 0 aromatic heterocycles. The second-order valence-electron chi connectivity index (χ2n) is 5.53. The lowest BCUT2D eigenvalue weighted by molar-refractivity contribution is -0.124. The Balaban J connectivity index is 2.01. The Bertz CT molecular complexity index is 493. The lowest BCUT2D eigenvalue weighted by Crippen LogP contribution is -2.48. The van der Waals surface area contributed by atoms with Crippen LogP contribution in [0.5, 0.6) is 0 Å². The lowest BCUT2D eigenvalue weighted by Gasteiger charge is -2.28. The summed E-state index contributed by atoms with van der Waals surface area (Å²) < 4.78 is 26.8. The number of hydrogen-bond acceptors (Lipinski definition) is 2. The number of hydrogen-bond donors (Lipinski definition) is 2. The Morgan fingerprint density at radius 1 is 1.45 bits per heavy atom. The molecular weight excluding hydrogens is 262 g/mol. The summed E-state index contributed by atoms with van der Waals surface area (Å²) in [7, 11) is 0. The Kier molecular flexibility index (Phi) is 4.70. The van der Waals surface area contributed by atoms with Crippen molar-refractivity contribution in [2.24, 2.45) is 5.92 Å². The summed E-state index contributed by atoms with van der Waals surface area (Å²) in [5, 5.41) is 5.90. The molecule has 3 nitrogen and oxygen atoms in total. The van der Waals surface area contributed by atoms with Gasteiger partial charge in [-0.25, -0.2) is 8.78 Å². The van der Waals surface area contributed by atoms with Crippen molar-refractivity contribution in [3.8, 4) is 0 Å². The molecule has 1 amide bonds. The Labute approximate surface area is 117 Å². The van der Waals surface area contributed by atoms with Gasteiger partial charge in [-0.1, -0.05) is 6.92 Å². The zero-order valence-corrected chi connectivity index (χ0v) is 11.7. The van der Waals surface area contributed by atoms with Crippen LogP contribution in [-0.4, -0.2) is 18.5 Å². The first-order valence-corrected chi connectivity index (χ1v) is 6.96. The van der Waals surface area contributed by atoms with Gasteiger partial charge >= 0.3 is 0 Å². The van der Waals surface area contributed by atoms with Gasteiger partial charge in [0.15, 0.2) is 0 Å². The quantitative estimate of drug-likeness (QED) is 0.894. The van der Waals surface area contributed by atoms with Crippen LogP contribution >= 0.6 is 0 Å². The minimum Gasteiger partial charge on any atom is -0.348 e. The second kappa shape index (κ2) is 6.31. The standard InChI is InChI=1S/C15H20F2N2O/c1-9-5-6-18-14(7-9)15(20)19-10(2)12-8-11(16)3-4-13(12)17/h3-4,8-10,14,18H,5-7H2,1-2H3,(H,19,20). The maximum Gasteiger partial charge on any atom is 0.237 e. The molecule has 2 rings (SSSR count). The van der Waals surface area contributed by atoms with Crippen molar-refractivity contribution >= 4 is 5.91 Å². The molecule has 1 aromatic carbocycles. The van der Waals surface area contributed by atoms with E-state index < -0.39 is 17.7 Å². The maximum absolute atomic E-state index is 13.6. The van der Waals surface area contributed by atoms with E-state index in [1.807, 2.05) is 0 Å². The third-order valence-corrected chi connectivity index (χ3v) is 3.77. The van der Waals surface area contributed by atoms with Gasteiger partial charge < -0.3 is 10.6 Å². The molecule has 20 heavy (non-hydrogen) atoms. The highest BCUT2D eigenvalue weighted by Crippen LogP contribution is 2.20. The summed E-state index contributed by atoms with van der Waals surface area (Å²) in [6.45, 7) is 4.57. The highest BCUT2D eigenvalue weighted by molar-refractivity contribution is 5.82. The molecule has 3 unspecified atom stereocenters. The number of carbonyl (C=O) groups excluding carboxylic acids is 1. The summed E-state index contributed by atoms with van der Waals surface area (Å²) in [6.07, 6.45) is 1.82. The fourth-order valence-corrected chi connectivity index (χ4v) is 2.55. The molecule has 1 saturated heterocycles. The van der Waals surface area contributed by atoms with E-state index in [0.717, 1.165) is 37.6 Å². The molecule has 3 atom stereocenters. The van der Waals surface area contributed by atoms with Crippen molar-refractivity contribution in [3.05, 3.63) is 35.4 Å². The smallest absolute Gasteiger partial charge is 0.237 e. The van der Waals surface area contributed by atoms with Gasteiger partial charge in [-0.15, -0.1) is 0 Å². The lowest BCUT2D eigenvalue weighted by atomic mass is 9.93. The van der Waals surface area contributed by atoms with Crippen LogP contribution in [0.2, 0.25) is 0 Å². The van der Waals surface area contributed by atoms with Crippen molar-refractivity contribution in [1.29, 1.82) is 0 Å². The van der Waals surface area contributed by atoms with E-state index in [0.29, 0.717) is 5.92 Å². The third-order valence-electron chi connectivity index (χ3n) is 3.77. The predicted octanol–water partition coefficient (Wildman–Crippen LogP) is 2.53. The van der Waals surface area contributed by atoms with E-state index in [9.17, 15) is 13.6 Å². The molecule has 1 aromatic rings. The maximum atomic E-state index is 13.6. The third kappa shape index (κ3) is 3.54. The minimum absolute atomic E-state index is 0.160. The van der Waals surface area contributed by atoms with Crippen LogP contribution in [0.1, 0.15) is 38.3 Å². The van der Waals surface area contributed by atoms with E-state index in [-0.39, 0.29) is 17.5 Å². The molecule has 1 aliphatic heterocycles. The van der Waals surface area contributed by atoms with E-state index in [2.05, 4.69) is 17.6 Å². The molecule has 110 valence electrons. The molecule has 0 spiro atoms. The summed E-state index contributed by atoms with van der Waals surface area (Å²) in [6, 6.07) is 2.46. The summed E-state index contributed by atoms with van der Waals surface area (Å²) >= 11 is 0. The van der Waals surface area contributed by atoms with Crippen LogP contribution in [0, 0.1) is 17.6 Å². The van der Waals surface area contributed by atoms with Crippen LogP contribution in [0.4, 0.5) is 8.78 Å². The van der Waals surface area contributed by atoms with Crippen LogP contribution in [-0.2, 0) is 4.79 Å². The molecule has 1 heterocycles. The van der Waals surface area contributed by atoms with Gasteiger partial charge in [0.1, 0.15) is 11.6 Å². The van der Waals surface area contributed by atoms with E-state index >= 15 is 0 Å². The summed E-state index contributed by atoms with van der Waals surface area (Å²) in [5.74, 6) is -0.683. The number of piperidine rings is 1. The molecule has 0 bridgehead atoms. The zero-order chi connectivity index (χ0) is 14.7. The normalized spacial score (nSPS) is 24.2. The molecule has 0 aliphatic carbocycles. The number of benzene rings is 1. The number of carbonyl (C=O) groups is 1. The average molecular weight is 282 g/mol. The SMILES string of the molecule is CC1CCNC(C(=O)NC(C)c2cc(F)ccc2F)C1. The molecule has 0 radical (unpaired) electrons. The van der Waals surface area contributed by atoms with E-state index in [1.165, 1.54) is 0 Å². The van der Waals surface area contributed by atoms with E-state index in [1.54, 1.807) is 6.92 Å². The number of rotatable bonds is 3. The van der Waals surface area contributed by atoms with Crippen molar-refractivity contribution < 1.29 is 13.6 Å². The number of amides is 1. The fourth-order valence-electron chi connectivity index (χ4n) is 2.55. The predicted molar refractivity (Wildman–Crippen MR) is 73.1 cm³/mol. The molecular formula is C15H20F2N2O. The molecule has 2 N–H and O–H groups in total. The zero-order valence-electron chi connectivity index (χ0n) is 11.7. The van der Waals surface area contributed by atoms with Crippen molar-refractivity contribution in [3.63, 3.8) is 0 Å². The highest BCUT2D eigenvalue weighted by atomic mass is 19.1. The summed E-state index contributed by atoms with van der Waals surface area (Å²) in [5.41, 5.74) is 0.169. The van der Waals surface area contributed by atoms with E-state index in [4.69, 9.17) is 0 Å². The Morgan fingerprint density at radius 2 is 2.20 bits per heavy atom. The van der Waals surface area contributed by atoms with Gasteiger partial charge in [0.2, 0.25) is 5.91 Å². The Morgan fingerprint density at radius 3 is 2.90 bits per heavy atom. The highest BCUT2D eigenvalue weighted by Gasteiger charge is 2.26. The van der Waals surface area contributed by atoms with Gasteiger partial charge in [0, 0.05) is 5.56 Å². The number of halogens is 2. The monoisotopic (exact) mass is 282 g/mol. The van der Waals surface area contributed by atoms with Crippen LogP contribution in [0.3, 0.4) is 0 Å². The Hall–Kier alpha value is -1.49. The fraction of sp³-hybridized carbons (Fsp3) is 0.533. The van der Waals surface area contributed by atoms with Gasteiger partial charge in [-0.2, -0.15) is 0 Å². The first-order valence-electron chi connectivity index (χ1n) is 6.96. The molecule has 1 fully saturated rings. The summed E-state index contributed by atoms with van der Waals surface area (Å²) in [4.78, 5) is 12.1. The topological polar surface area (TPSA) is 41.1 Å². The van der Waals surface area contributed by atoms with Gasteiger partial charge in [0.25, 0.3) is 0 Å². The van der Waals surface area contributed by atoms with Crippen LogP contribution in [0.15, 0.2) is 18.2 Å². The first kappa shape index (κ1) is 14.9. The first-order chi connectivity index (χ1) is 9.47. The van der Waals surface area contributed by atoms with Crippen molar-refractivity contribution in [2.45, 2.75) is 38.8 Å². The van der Waals surface area contributed by atoms with Gasteiger partial charge in [-0.05, 0) is 50.4 Å². The van der Waals surface area contributed by atoms with Gasteiger partial charge in [0.05, 0.1) is 12.1 Å². The number of nitrogens with one attached hydrogen (secondary N) is 2. The van der Waals surface area contributed by atoms with Crippen LogP contribution in [0.25, 0.3) is 0 Å². The largest absolute Gasteiger partial charge is 0.348 e. The molecule has 1 aliphatic rings. The molecule has 0 saturated carbocycles. The van der Waals surface area contributed by atoms with Crippen molar-refractivity contribution in [2.75, 3.05) is 6.54 Å². The van der Waals surface area contributed by atoms with Gasteiger partial charge in [-0.3, -0.25) is 4.79 Å². The van der Waals surface area contributed by atoms with Crippen molar-refractivity contribution in [1.82, 2.24) is 10.6 Å². The van der Waals surface area contributed by atoms with Crippen LogP contribution < -0.4 is 10.6 Å². The minimum atomic E-state index is -0.558.